The fourth-order valence-corrected chi connectivity index (χ4v) is 3.04. The maximum Gasteiger partial charge on any atom is 0.249 e. The Kier molecular flexibility index (Phi) is 5.63. The molecule has 0 radical (unpaired) electrons. The lowest BCUT2D eigenvalue weighted by Crippen LogP contribution is -2.44. The zero-order chi connectivity index (χ0) is 19.2. The van der Waals surface area contributed by atoms with E-state index >= 15 is 0 Å². The number of aromatic nitrogens is 3. The molecule has 0 bridgehead atoms. The van der Waals surface area contributed by atoms with Crippen LogP contribution >= 0.6 is 0 Å². The van der Waals surface area contributed by atoms with Crippen molar-refractivity contribution in [1.82, 2.24) is 20.1 Å². The van der Waals surface area contributed by atoms with Crippen LogP contribution in [0.2, 0.25) is 0 Å². The topological polar surface area (TPSA) is 66.4 Å². The molecule has 7 nitrogen and oxygen atoms in total. The van der Waals surface area contributed by atoms with Gasteiger partial charge in [-0.05, 0) is 36.9 Å². The molecule has 2 heterocycles. The van der Waals surface area contributed by atoms with Gasteiger partial charge >= 0.3 is 0 Å². The van der Waals surface area contributed by atoms with Crippen LogP contribution in [0.25, 0.3) is 0 Å². The van der Waals surface area contributed by atoms with Crippen molar-refractivity contribution in [1.29, 1.82) is 0 Å². The van der Waals surface area contributed by atoms with E-state index in [1.807, 2.05) is 54.6 Å². The molecule has 1 aliphatic heterocycles. The van der Waals surface area contributed by atoms with Crippen molar-refractivity contribution in [2.45, 2.75) is 6.61 Å². The van der Waals surface area contributed by atoms with E-state index < -0.39 is 0 Å². The Hall–Kier alpha value is -3.19. The molecule has 4 rings (SSSR count). The van der Waals surface area contributed by atoms with Crippen LogP contribution in [0.3, 0.4) is 0 Å². The van der Waals surface area contributed by atoms with Crippen LogP contribution in [-0.2, 0) is 6.61 Å². The summed E-state index contributed by atoms with van der Waals surface area (Å²) in [6.45, 7) is 4.49. The number of nitrogens with one attached hydrogen (secondary N) is 1. The van der Waals surface area contributed by atoms with Gasteiger partial charge in [-0.25, -0.2) is 0 Å². The minimum Gasteiger partial charge on any atom is -0.489 e. The second kappa shape index (κ2) is 8.67. The van der Waals surface area contributed by atoms with E-state index in [0.717, 1.165) is 49.0 Å². The lowest BCUT2D eigenvalue weighted by atomic mass is 10.2. The van der Waals surface area contributed by atoms with Crippen LogP contribution in [0.4, 0.5) is 17.5 Å². The molecule has 0 aliphatic carbocycles. The summed E-state index contributed by atoms with van der Waals surface area (Å²) >= 11 is 0. The van der Waals surface area contributed by atoms with E-state index in [4.69, 9.17) is 4.74 Å². The van der Waals surface area contributed by atoms with Crippen LogP contribution < -0.4 is 15.0 Å². The molecule has 1 fully saturated rings. The van der Waals surface area contributed by atoms with Crippen molar-refractivity contribution in [2.75, 3.05) is 43.4 Å². The van der Waals surface area contributed by atoms with Crippen LogP contribution in [0.5, 0.6) is 5.75 Å². The molecule has 1 N–H and O–H groups in total. The van der Waals surface area contributed by atoms with Gasteiger partial charge in [0.2, 0.25) is 5.95 Å². The first kappa shape index (κ1) is 18.2. The fourth-order valence-electron chi connectivity index (χ4n) is 3.04. The second-order valence-corrected chi connectivity index (χ2v) is 6.85. The first-order valence-corrected chi connectivity index (χ1v) is 9.43. The molecular weight excluding hydrogens is 352 g/mol. The van der Waals surface area contributed by atoms with Crippen molar-refractivity contribution in [3.63, 3.8) is 0 Å². The Labute approximate surface area is 165 Å². The molecule has 0 amide bonds. The van der Waals surface area contributed by atoms with Gasteiger partial charge in [-0.1, -0.05) is 30.3 Å². The molecule has 28 heavy (non-hydrogen) atoms. The molecule has 1 saturated heterocycles. The Morgan fingerprint density at radius 3 is 2.46 bits per heavy atom. The zero-order valence-electron chi connectivity index (χ0n) is 16.0. The van der Waals surface area contributed by atoms with Gasteiger partial charge in [-0.15, -0.1) is 5.10 Å². The largest absolute Gasteiger partial charge is 0.489 e. The van der Waals surface area contributed by atoms with Crippen molar-refractivity contribution >= 4 is 17.5 Å². The smallest absolute Gasteiger partial charge is 0.249 e. The number of ether oxygens (including phenoxy) is 1. The van der Waals surface area contributed by atoms with Crippen LogP contribution in [-0.4, -0.2) is 53.3 Å². The third kappa shape index (κ3) is 4.75. The lowest BCUT2D eigenvalue weighted by molar-refractivity contribution is 0.306. The van der Waals surface area contributed by atoms with Gasteiger partial charge in [0.15, 0.2) is 5.82 Å². The van der Waals surface area contributed by atoms with Gasteiger partial charge < -0.3 is 19.9 Å². The van der Waals surface area contributed by atoms with E-state index in [1.165, 1.54) is 0 Å². The summed E-state index contributed by atoms with van der Waals surface area (Å²) in [4.78, 5) is 9.15. The SMILES string of the molecule is CN1CCN(c2cnnc(Nc3ccc(OCc4ccccc4)cc3)n2)CC1. The van der Waals surface area contributed by atoms with Crippen LogP contribution in [0, 0.1) is 0 Å². The maximum absolute atomic E-state index is 5.82. The molecular formula is C21H24N6O. The zero-order valence-corrected chi connectivity index (χ0v) is 16.0. The third-order valence-corrected chi connectivity index (χ3v) is 4.73. The van der Waals surface area contributed by atoms with Crippen molar-refractivity contribution in [2.24, 2.45) is 0 Å². The highest BCUT2D eigenvalue weighted by molar-refractivity contribution is 5.55. The number of hydrogen-bond acceptors (Lipinski definition) is 7. The number of nitrogens with zero attached hydrogens (tertiary/aromatic N) is 5. The monoisotopic (exact) mass is 376 g/mol. The third-order valence-electron chi connectivity index (χ3n) is 4.73. The van der Waals surface area contributed by atoms with E-state index in [0.29, 0.717) is 12.6 Å². The molecule has 0 spiro atoms. The summed E-state index contributed by atoms with van der Waals surface area (Å²) in [5.74, 6) is 2.17. The van der Waals surface area contributed by atoms with E-state index in [2.05, 4.69) is 37.3 Å². The molecule has 3 aromatic rings. The summed E-state index contributed by atoms with van der Waals surface area (Å²) in [6, 6.07) is 17.9. The summed E-state index contributed by atoms with van der Waals surface area (Å²) in [7, 11) is 2.13. The average molecular weight is 376 g/mol. The number of benzene rings is 2. The lowest BCUT2D eigenvalue weighted by Gasteiger charge is -2.32. The maximum atomic E-state index is 5.82. The Morgan fingerprint density at radius 1 is 0.964 bits per heavy atom. The molecule has 0 saturated carbocycles. The van der Waals surface area contributed by atoms with E-state index in [-0.39, 0.29) is 0 Å². The average Bonchev–Trinajstić information content (AvgIpc) is 2.75. The minimum absolute atomic E-state index is 0.495. The van der Waals surface area contributed by atoms with Gasteiger partial charge in [0.05, 0.1) is 6.20 Å². The van der Waals surface area contributed by atoms with Crippen LogP contribution in [0.15, 0.2) is 60.8 Å². The number of likely N-dealkylation sites (N-methyl/N-ethyl adjacent to an activating group) is 1. The number of hydrogen-bond donors (Lipinski definition) is 1. The molecule has 2 aromatic carbocycles. The highest BCUT2D eigenvalue weighted by Crippen LogP contribution is 2.20. The van der Waals surface area contributed by atoms with Gasteiger partial charge in [0, 0.05) is 31.9 Å². The van der Waals surface area contributed by atoms with Crippen molar-refractivity contribution in [3.05, 3.63) is 66.4 Å². The number of piperazine rings is 1. The highest BCUT2D eigenvalue weighted by atomic mass is 16.5. The Balaban J connectivity index is 1.36. The first-order chi connectivity index (χ1) is 13.8. The van der Waals surface area contributed by atoms with Gasteiger partial charge in [-0.3, -0.25) is 0 Å². The Morgan fingerprint density at radius 2 is 1.71 bits per heavy atom. The minimum atomic E-state index is 0.495. The highest BCUT2D eigenvalue weighted by Gasteiger charge is 2.16. The van der Waals surface area contributed by atoms with Crippen LogP contribution in [0.1, 0.15) is 5.56 Å². The second-order valence-electron chi connectivity index (χ2n) is 6.85. The predicted molar refractivity (Wildman–Crippen MR) is 110 cm³/mol. The summed E-state index contributed by atoms with van der Waals surface area (Å²) in [5, 5.41) is 11.4. The molecule has 0 unspecified atom stereocenters. The number of rotatable bonds is 6. The van der Waals surface area contributed by atoms with E-state index in [1.54, 1.807) is 6.20 Å². The Bertz CT molecular complexity index is 879. The van der Waals surface area contributed by atoms with Gasteiger partial charge in [-0.2, -0.15) is 10.1 Å². The summed E-state index contributed by atoms with van der Waals surface area (Å²) < 4.78 is 5.82. The van der Waals surface area contributed by atoms with Gasteiger partial charge in [0.1, 0.15) is 12.4 Å². The summed E-state index contributed by atoms with van der Waals surface area (Å²) in [5.41, 5.74) is 2.04. The number of anilines is 3. The van der Waals surface area contributed by atoms with E-state index in [9.17, 15) is 0 Å². The molecule has 1 aliphatic rings. The van der Waals surface area contributed by atoms with Gasteiger partial charge in [0.25, 0.3) is 0 Å². The molecule has 1 aromatic heterocycles. The standard InChI is InChI=1S/C21H24N6O/c1-26-11-13-27(14-12-26)20-15-22-25-21(24-20)23-18-7-9-19(10-8-18)28-16-17-5-3-2-4-6-17/h2-10,15H,11-14,16H2,1H3,(H,23,24,25). The quantitative estimate of drug-likeness (QED) is 0.709. The normalized spacial score (nSPS) is 14.7. The molecule has 0 atom stereocenters. The summed E-state index contributed by atoms with van der Waals surface area (Å²) in [6.07, 6.45) is 1.72. The fraction of sp³-hybridized carbons (Fsp3) is 0.286. The predicted octanol–water partition coefficient (Wildman–Crippen LogP) is 2.95. The molecule has 7 heteroatoms. The van der Waals surface area contributed by atoms with Crippen molar-refractivity contribution in [3.8, 4) is 5.75 Å². The molecule has 144 valence electrons. The first-order valence-electron chi connectivity index (χ1n) is 9.43. The van der Waals surface area contributed by atoms with Crippen molar-refractivity contribution < 1.29 is 4.74 Å².